The monoisotopic (exact) mass is 308 g/mol. The predicted molar refractivity (Wildman–Crippen MR) is 80.8 cm³/mol. The van der Waals surface area contributed by atoms with Gasteiger partial charge in [0.25, 0.3) is 0 Å². The molecule has 0 fully saturated rings. The second kappa shape index (κ2) is 8.59. The highest BCUT2D eigenvalue weighted by atomic mass is 32.2. The van der Waals surface area contributed by atoms with E-state index in [1.165, 1.54) is 6.26 Å². The maximum Gasteiger partial charge on any atom is 0.323 e. The summed E-state index contributed by atoms with van der Waals surface area (Å²) in [5.74, 6) is -0.668. The van der Waals surface area contributed by atoms with Crippen LogP contribution in [0.5, 0.6) is 0 Å². The summed E-state index contributed by atoms with van der Waals surface area (Å²) in [6, 6.07) is 0. The van der Waals surface area contributed by atoms with Gasteiger partial charge in [-0.15, -0.1) is 0 Å². The molecule has 6 nitrogen and oxygen atoms in total. The van der Waals surface area contributed by atoms with Gasteiger partial charge in [0.1, 0.15) is 15.4 Å². The summed E-state index contributed by atoms with van der Waals surface area (Å²) in [6.07, 6.45) is 3.44. The summed E-state index contributed by atoms with van der Waals surface area (Å²) in [5.41, 5.74) is -0.875. The number of nitrogens with zero attached hydrogens (tertiary/aromatic N) is 1. The van der Waals surface area contributed by atoms with Crippen LogP contribution in [0.3, 0.4) is 0 Å². The number of likely N-dealkylation sites (N-methyl/N-ethyl adjacent to an activating group) is 1. The number of hydrogen-bond donors (Lipinski definition) is 2. The van der Waals surface area contributed by atoms with Gasteiger partial charge in [0, 0.05) is 12.8 Å². The van der Waals surface area contributed by atoms with Gasteiger partial charge in [0.15, 0.2) is 0 Å². The number of hydrogen-bond acceptors (Lipinski definition) is 5. The fraction of sp³-hybridized carbons (Fsp3) is 0.923. The van der Waals surface area contributed by atoms with Gasteiger partial charge in [0.05, 0.1) is 5.75 Å². The van der Waals surface area contributed by atoms with Crippen molar-refractivity contribution < 1.29 is 18.3 Å². The highest BCUT2D eigenvalue weighted by Crippen LogP contribution is 2.14. The van der Waals surface area contributed by atoms with Crippen LogP contribution in [-0.2, 0) is 14.6 Å². The molecule has 0 saturated heterocycles. The molecule has 7 heteroatoms. The van der Waals surface area contributed by atoms with Crippen LogP contribution in [0.2, 0.25) is 0 Å². The molecule has 0 saturated carbocycles. The van der Waals surface area contributed by atoms with Crippen LogP contribution >= 0.6 is 0 Å². The topological polar surface area (TPSA) is 86.7 Å². The minimum absolute atomic E-state index is 0.160. The van der Waals surface area contributed by atoms with Crippen molar-refractivity contribution in [1.29, 1.82) is 0 Å². The molecule has 2 N–H and O–H groups in total. The lowest BCUT2D eigenvalue weighted by atomic mass is 9.95. The van der Waals surface area contributed by atoms with Gasteiger partial charge in [-0.1, -0.05) is 6.92 Å². The molecule has 0 bridgehead atoms. The summed E-state index contributed by atoms with van der Waals surface area (Å²) in [7, 11) is -1.04. The SMILES string of the molecule is CCNC(C)(CCCCN(C)CCS(C)(=O)=O)C(=O)O. The van der Waals surface area contributed by atoms with Crippen molar-refractivity contribution in [1.82, 2.24) is 10.2 Å². The van der Waals surface area contributed by atoms with E-state index in [2.05, 4.69) is 5.32 Å². The molecule has 0 aliphatic rings. The Morgan fingerprint density at radius 1 is 1.30 bits per heavy atom. The number of aliphatic carboxylic acids is 1. The fourth-order valence-corrected chi connectivity index (χ4v) is 2.60. The van der Waals surface area contributed by atoms with Crippen LogP contribution in [0.4, 0.5) is 0 Å². The van der Waals surface area contributed by atoms with E-state index in [0.717, 1.165) is 19.4 Å². The summed E-state index contributed by atoms with van der Waals surface area (Å²) in [4.78, 5) is 13.2. The Morgan fingerprint density at radius 3 is 2.35 bits per heavy atom. The van der Waals surface area contributed by atoms with Gasteiger partial charge in [-0.25, -0.2) is 8.42 Å². The molecule has 0 aliphatic carbocycles. The van der Waals surface area contributed by atoms with Crippen molar-refractivity contribution in [2.45, 2.75) is 38.6 Å². The molecule has 0 rings (SSSR count). The summed E-state index contributed by atoms with van der Waals surface area (Å²) < 4.78 is 22.1. The molecule has 0 spiro atoms. The minimum Gasteiger partial charge on any atom is -0.480 e. The molecule has 1 unspecified atom stereocenters. The van der Waals surface area contributed by atoms with Gasteiger partial charge in [-0.3, -0.25) is 4.79 Å². The minimum atomic E-state index is -2.92. The predicted octanol–water partition coefficient (Wildman–Crippen LogP) is 0.586. The Balaban J connectivity index is 3.97. The molecule has 120 valence electrons. The molecule has 1 atom stereocenters. The molecule has 0 aromatic rings. The zero-order valence-electron chi connectivity index (χ0n) is 13.0. The third-order valence-corrected chi connectivity index (χ3v) is 4.27. The van der Waals surface area contributed by atoms with Crippen LogP contribution in [0.1, 0.15) is 33.1 Å². The zero-order valence-corrected chi connectivity index (χ0v) is 13.8. The maximum absolute atomic E-state index is 11.2. The third kappa shape index (κ3) is 8.50. The summed E-state index contributed by atoms with van der Waals surface area (Å²) in [6.45, 7) is 5.50. The van der Waals surface area contributed by atoms with Crippen molar-refractivity contribution >= 4 is 15.8 Å². The van der Waals surface area contributed by atoms with Gasteiger partial charge in [0.2, 0.25) is 0 Å². The van der Waals surface area contributed by atoms with Gasteiger partial charge in [-0.05, 0) is 46.3 Å². The normalized spacial score (nSPS) is 15.2. The van der Waals surface area contributed by atoms with E-state index >= 15 is 0 Å². The van der Waals surface area contributed by atoms with Crippen molar-refractivity contribution in [2.75, 3.05) is 38.7 Å². The van der Waals surface area contributed by atoms with E-state index < -0.39 is 21.3 Å². The number of carbonyl (C=O) groups is 1. The smallest absolute Gasteiger partial charge is 0.323 e. The molecule has 20 heavy (non-hydrogen) atoms. The van der Waals surface area contributed by atoms with Crippen LogP contribution in [-0.4, -0.2) is 68.6 Å². The highest BCUT2D eigenvalue weighted by Gasteiger charge is 2.30. The maximum atomic E-state index is 11.2. The van der Waals surface area contributed by atoms with E-state index in [-0.39, 0.29) is 5.75 Å². The molecular weight excluding hydrogens is 280 g/mol. The Bertz CT molecular complexity index is 397. The molecular formula is C13H28N2O4S. The Hall–Kier alpha value is -0.660. The zero-order chi connectivity index (χ0) is 15.8. The number of rotatable bonds is 11. The number of sulfone groups is 1. The molecule has 0 aromatic carbocycles. The summed E-state index contributed by atoms with van der Waals surface area (Å²) >= 11 is 0. The van der Waals surface area contributed by atoms with Crippen molar-refractivity contribution in [2.24, 2.45) is 0 Å². The van der Waals surface area contributed by atoms with Crippen LogP contribution in [0, 0.1) is 0 Å². The van der Waals surface area contributed by atoms with Gasteiger partial charge in [-0.2, -0.15) is 0 Å². The van der Waals surface area contributed by atoms with E-state index in [9.17, 15) is 18.3 Å². The van der Waals surface area contributed by atoms with E-state index in [1.54, 1.807) is 6.92 Å². The second-order valence-corrected chi connectivity index (χ2v) is 7.82. The third-order valence-electron chi connectivity index (χ3n) is 3.35. The molecule has 0 amide bonds. The number of carboxylic acids is 1. The molecule has 0 heterocycles. The fourth-order valence-electron chi connectivity index (χ4n) is 1.95. The van der Waals surface area contributed by atoms with Crippen molar-refractivity contribution in [3.05, 3.63) is 0 Å². The van der Waals surface area contributed by atoms with E-state index in [1.807, 2.05) is 18.9 Å². The lowest BCUT2D eigenvalue weighted by Crippen LogP contribution is -2.49. The molecule has 0 radical (unpaired) electrons. The summed E-state index contributed by atoms with van der Waals surface area (Å²) in [5, 5.41) is 12.2. The first kappa shape index (κ1) is 19.3. The van der Waals surface area contributed by atoms with E-state index in [4.69, 9.17) is 0 Å². The van der Waals surface area contributed by atoms with Crippen LogP contribution in [0.15, 0.2) is 0 Å². The van der Waals surface area contributed by atoms with Crippen LogP contribution < -0.4 is 5.32 Å². The Morgan fingerprint density at radius 2 is 1.90 bits per heavy atom. The van der Waals surface area contributed by atoms with Gasteiger partial charge < -0.3 is 15.3 Å². The Labute approximate surface area is 122 Å². The molecule has 0 aliphatic heterocycles. The molecule has 0 aromatic heterocycles. The Kier molecular flexibility index (Phi) is 8.30. The largest absolute Gasteiger partial charge is 0.480 e. The first-order valence-corrected chi connectivity index (χ1v) is 9.01. The highest BCUT2D eigenvalue weighted by molar-refractivity contribution is 7.90. The lowest BCUT2D eigenvalue weighted by molar-refractivity contribution is -0.144. The second-order valence-electron chi connectivity index (χ2n) is 5.56. The van der Waals surface area contributed by atoms with Crippen LogP contribution in [0.25, 0.3) is 0 Å². The average molecular weight is 308 g/mol. The van der Waals surface area contributed by atoms with Gasteiger partial charge >= 0.3 is 5.97 Å². The standard InChI is InChI=1S/C13H28N2O4S/c1-5-14-13(2,12(16)17)8-6-7-9-15(3)10-11-20(4,18)19/h14H,5-11H2,1-4H3,(H,16,17). The quantitative estimate of drug-likeness (QED) is 0.543. The number of carboxylic acid groups (broad SMARTS) is 1. The first-order valence-electron chi connectivity index (χ1n) is 6.95. The van der Waals surface area contributed by atoms with Crippen molar-refractivity contribution in [3.63, 3.8) is 0 Å². The average Bonchev–Trinajstić information content (AvgIpc) is 2.31. The van der Waals surface area contributed by atoms with Crippen molar-refractivity contribution in [3.8, 4) is 0 Å². The first-order chi connectivity index (χ1) is 9.10. The van der Waals surface area contributed by atoms with E-state index in [0.29, 0.717) is 19.5 Å². The number of nitrogens with one attached hydrogen (secondary N) is 1. The number of unbranched alkanes of at least 4 members (excludes halogenated alkanes) is 1. The lowest BCUT2D eigenvalue weighted by Gasteiger charge is -2.26.